The molecule has 0 aliphatic carbocycles. The minimum Gasteiger partial charge on any atom is -0.416 e. The van der Waals surface area contributed by atoms with Crippen LogP contribution in [0.25, 0.3) is 0 Å². The summed E-state index contributed by atoms with van der Waals surface area (Å²) in [5.41, 5.74) is 2.39. The minimum atomic E-state index is -0.482. The monoisotopic (exact) mass is 394 g/mol. The topological polar surface area (TPSA) is 88.3 Å². The van der Waals surface area contributed by atoms with Crippen LogP contribution in [0.1, 0.15) is 18.4 Å². The van der Waals surface area contributed by atoms with Crippen molar-refractivity contribution >= 4 is 35.0 Å². The Labute approximate surface area is 166 Å². The first-order chi connectivity index (χ1) is 13.6. The van der Waals surface area contributed by atoms with Crippen molar-refractivity contribution in [3.05, 3.63) is 66.1 Å². The summed E-state index contributed by atoms with van der Waals surface area (Å²) in [6.07, 6.45) is 0.538. The third-order valence-corrected chi connectivity index (χ3v) is 5.23. The standard InChI is InChI=1S/C20H18N4O3S/c1-13(19(26)24-12-17(25)21-15-9-5-6-10-16(15)24)28-20-23-22-18(27-20)11-14-7-3-2-4-8-14/h2-10,13H,11-12H2,1H3,(H,21,25)/t13-/m0/s1. The molecule has 4 rings (SSSR count). The lowest BCUT2D eigenvalue weighted by Crippen LogP contribution is -2.45. The Hall–Kier alpha value is -3.13. The van der Waals surface area contributed by atoms with Crippen LogP contribution in [0, 0.1) is 0 Å². The van der Waals surface area contributed by atoms with E-state index in [0.717, 1.165) is 5.56 Å². The molecule has 2 heterocycles. The molecule has 0 unspecified atom stereocenters. The molecule has 0 bridgehead atoms. The molecule has 2 amide bonds. The first-order valence-corrected chi connectivity index (χ1v) is 9.71. The van der Waals surface area contributed by atoms with Crippen molar-refractivity contribution in [2.24, 2.45) is 0 Å². The van der Waals surface area contributed by atoms with E-state index in [1.807, 2.05) is 48.5 Å². The highest BCUT2D eigenvalue weighted by molar-refractivity contribution is 8.00. The van der Waals surface area contributed by atoms with E-state index in [4.69, 9.17) is 4.42 Å². The number of benzene rings is 2. The molecule has 3 aromatic rings. The second-order valence-electron chi connectivity index (χ2n) is 6.37. The number of hydrogen-bond donors (Lipinski definition) is 1. The van der Waals surface area contributed by atoms with Crippen LogP contribution in [0.15, 0.2) is 64.2 Å². The van der Waals surface area contributed by atoms with Gasteiger partial charge < -0.3 is 9.73 Å². The lowest BCUT2D eigenvalue weighted by Gasteiger charge is -2.30. The molecular formula is C20H18N4O3S. The highest BCUT2D eigenvalue weighted by atomic mass is 32.2. The summed E-state index contributed by atoms with van der Waals surface area (Å²) in [4.78, 5) is 26.4. The molecule has 0 saturated heterocycles. The summed E-state index contributed by atoms with van der Waals surface area (Å²) in [6, 6.07) is 17.1. The first-order valence-electron chi connectivity index (χ1n) is 8.83. The molecule has 0 radical (unpaired) electrons. The van der Waals surface area contributed by atoms with E-state index in [0.29, 0.717) is 28.9 Å². The smallest absolute Gasteiger partial charge is 0.277 e. The molecular weight excluding hydrogens is 376 g/mol. The Balaban J connectivity index is 1.45. The maximum atomic E-state index is 12.9. The summed E-state index contributed by atoms with van der Waals surface area (Å²) in [7, 11) is 0. The summed E-state index contributed by atoms with van der Waals surface area (Å²) in [5, 5.41) is 10.7. The molecule has 0 spiro atoms. The number of hydrogen-bond acceptors (Lipinski definition) is 6. The van der Waals surface area contributed by atoms with Crippen molar-refractivity contribution in [1.82, 2.24) is 10.2 Å². The number of amides is 2. The molecule has 28 heavy (non-hydrogen) atoms. The summed E-state index contributed by atoms with van der Waals surface area (Å²) in [6.45, 7) is 1.76. The van der Waals surface area contributed by atoms with Gasteiger partial charge in [0, 0.05) is 0 Å². The van der Waals surface area contributed by atoms with Crippen molar-refractivity contribution in [3.63, 3.8) is 0 Å². The van der Waals surface area contributed by atoms with E-state index >= 15 is 0 Å². The van der Waals surface area contributed by atoms with Crippen LogP contribution in [-0.2, 0) is 16.0 Å². The predicted molar refractivity (Wildman–Crippen MR) is 106 cm³/mol. The average molecular weight is 394 g/mol. The lowest BCUT2D eigenvalue weighted by molar-refractivity contribution is -0.121. The number of rotatable bonds is 5. The number of anilines is 2. The number of thioether (sulfide) groups is 1. The van der Waals surface area contributed by atoms with E-state index < -0.39 is 5.25 Å². The van der Waals surface area contributed by atoms with Crippen LogP contribution in [0.3, 0.4) is 0 Å². The third-order valence-electron chi connectivity index (χ3n) is 4.31. The minimum absolute atomic E-state index is 0.0101. The molecule has 0 fully saturated rings. The van der Waals surface area contributed by atoms with Gasteiger partial charge in [-0.05, 0) is 24.6 Å². The van der Waals surface area contributed by atoms with Crippen LogP contribution in [0.2, 0.25) is 0 Å². The van der Waals surface area contributed by atoms with Crippen molar-refractivity contribution in [2.45, 2.75) is 23.8 Å². The Morgan fingerprint density at radius 3 is 2.75 bits per heavy atom. The number of nitrogens with zero attached hydrogens (tertiary/aromatic N) is 3. The second kappa shape index (κ2) is 7.85. The number of fused-ring (bicyclic) bond motifs is 1. The van der Waals surface area contributed by atoms with E-state index in [2.05, 4.69) is 15.5 Å². The average Bonchev–Trinajstić information content (AvgIpc) is 3.14. The van der Waals surface area contributed by atoms with Crippen molar-refractivity contribution in [3.8, 4) is 0 Å². The van der Waals surface area contributed by atoms with Crippen LogP contribution in [-0.4, -0.2) is 33.8 Å². The van der Waals surface area contributed by atoms with E-state index in [9.17, 15) is 9.59 Å². The Morgan fingerprint density at radius 1 is 1.18 bits per heavy atom. The van der Waals surface area contributed by atoms with Crippen LogP contribution < -0.4 is 10.2 Å². The number of carbonyl (C=O) groups is 2. The van der Waals surface area contributed by atoms with Gasteiger partial charge in [0.25, 0.3) is 5.22 Å². The third kappa shape index (κ3) is 3.91. The fraction of sp³-hybridized carbons (Fsp3) is 0.200. The molecule has 142 valence electrons. The highest BCUT2D eigenvalue weighted by Gasteiger charge is 2.30. The lowest BCUT2D eigenvalue weighted by atomic mass is 10.2. The van der Waals surface area contributed by atoms with Crippen molar-refractivity contribution in [2.75, 3.05) is 16.8 Å². The van der Waals surface area contributed by atoms with Gasteiger partial charge in [0.15, 0.2) is 0 Å². The predicted octanol–water partition coefficient (Wildman–Crippen LogP) is 3.13. The SMILES string of the molecule is C[C@H](Sc1nnc(Cc2ccccc2)o1)C(=O)N1CC(=O)Nc2ccccc21. The van der Waals surface area contributed by atoms with E-state index in [-0.39, 0.29) is 18.4 Å². The van der Waals surface area contributed by atoms with Gasteiger partial charge in [-0.25, -0.2) is 0 Å². The Kier molecular flexibility index (Phi) is 5.12. The summed E-state index contributed by atoms with van der Waals surface area (Å²) >= 11 is 1.19. The van der Waals surface area contributed by atoms with Gasteiger partial charge in [-0.3, -0.25) is 14.5 Å². The van der Waals surface area contributed by atoms with Gasteiger partial charge in [-0.2, -0.15) is 0 Å². The summed E-state index contributed by atoms with van der Waals surface area (Å²) in [5.74, 6) is 0.0957. The molecule has 2 aromatic carbocycles. The second-order valence-corrected chi connectivity index (χ2v) is 7.67. The van der Waals surface area contributed by atoms with Gasteiger partial charge in [0.1, 0.15) is 6.54 Å². The number of nitrogens with one attached hydrogen (secondary N) is 1. The molecule has 0 saturated carbocycles. The largest absolute Gasteiger partial charge is 0.416 e. The highest BCUT2D eigenvalue weighted by Crippen LogP contribution is 2.32. The van der Waals surface area contributed by atoms with Crippen LogP contribution in [0.4, 0.5) is 11.4 Å². The molecule has 1 aromatic heterocycles. The number of para-hydroxylation sites is 2. The van der Waals surface area contributed by atoms with Crippen molar-refractivity contribution < 1.29 is 14.0 Å². The molecule has 1 atom stereocenters. The van der Waals surface area contributed by atoms with Gasteiger partial charge in [-0.15, -0.1) is 10.2 Å². The van der Waals surface area contributed by atoms with Gasteiger partial charge >= 0.3 is 0 Å². The van der Waals surface area contributed by atoms with Gasteiger partial charge in [0.05, 0.1) is 23.0 Å². The first kappa shape index (κ1) is 18.2. The zero-order valence-electron chi connectivity index (χ0n) is 15.2. The molecule has 7 nitrogen and oxygen atoms in total. The number of carbonyl (C=O) groups excluding carboxylic acids is 2. The number of aromatic nitrogens is 2. The summed E-state index contributed by atoms with van der Waals surface area (Å²) < 4.78 is 5.68. The Bertz CT molecular complexity index is 1010. The maximum absolute atomic E-state index is 12.9. The van der Waals surface area contributed by atoms with Crippen LogP contribution >= 0.6 is 11.8 Å². The van der Waals surface area contributed by atoms with E-state index in [1.54, 1.807) is 13.0 Å². The van der Waals surface area contributed by atoms with Gasteiger partial charge in [0.2, 0.25) is 17.7 Å². The van der Waals surface area contributed by atoms with Crippen molar-refractivity contribution in [1.29, 1.82) is 0 Å². The van der Waals surface area contributed by atoms with Crippen LogP contribution in [0.5, 0.6) is 0 Å². The molecule has 1 aliphatic rings. The van der Waals surface area contributed by atoms with E-state index in [1.165, 1.54) is 16.7 Å². The zero-order valence-corrected chi connectivity index (χ0v) is 16.0. The molecule has 1 aliphatic heterocycles. The zero-order chi connectivity index (χ0) is 19.5. The quantitative estimate of drug-likeness (QED) is 0.669. The Morgan fingerprint density at radius 2 is 1.93 bits per heavy atom. The van der Waals surface area contributed by atoms with Gasteiger partial charge in [-0.1, -0.05) is 54.2 Å². The fourth-order valence-electron chi connectivity index (χ4n) is 2.98. The normalized spacial score (nSPS) is 14.3. The fourth-order valence-corrected chi connectivity index (χ4v) is 3.74. The maximum Gasteiger partial charge on any atom is 0.277 e. The molecule has 8 heteroatoms. The molecule has 1 N–H and O–H groups in total.